The summed E-state index contributed by atoms with van der Waals surface area (Å²) in [5, 5.41) is 19.2. The minimum Gasteiger partial charge on any atom is -0.390 e. The standard InChI is InChI=1S/C17H29N5O/c1-13-4-6-20(7-5-13)10-15(23)11-21-8-9-22-16(12-21)18-19-17(22)14-2-3-14/h13-15,23H,2-12H2,1H3/t15-/m0/s1. The van der Waals surface area contributed by atoms with Gasteiger partial charge in [-0.3, -0.25) is 4.90 Å². The van der Waals surface area contributed by atoms with E-state index < -0.39 is 0 Å². The number of nitrogens with zero attached hydrogens (tertiary/aromatic N) is 5. The Morgan fingerprint density at radius 1 is 1.00 bits per heavy atom. The number of fused-ring (bicyclic) bond motifs is 1. The first-order chi connectivity index (χ1) is 11.2. The molecule has 3 aliphatic rings. The molecule has 1 saturated carbocycles. The molecule has 0 amide bonds. The molecule has 0 radical (unpaired) electrons. The topological polar surface area (TPSA) is 57.4 Å². The van der Waals surface area contributed by atoms with E-state index in [-0.39, 0.29) is 6.10 Å². The summed E-state index contributed by atoms with van der Waals surface area (Å²) in [5.41, 5.74) is 0. The van der Waals surface area contributed by atoms with Crippen molar-refractivity contribution in [3.05, 3.63) is 11.6 Å². The van der Waals surface area contributed by atoms with E-state index in [1.165, 1.54) is 31.5 Å². The SMILES string of the molecule is CC1CCN(C[C@H](O)CN2CCn3c(nnc3C3CC3)C2)CC1. The Morgan fingerprint density at radius 2 is 1.74 bits per heavy atom. The second kappa shape index (κ2) is 6.49. The lowest BCUT2D eigenvalue weighted by Crippen LogP contribution is -2.45. The summed E-state index contributed by atoms with van der Waals surface area (Å²) in [5.74, 6) is 3.78. The van der Waals surface area contributed by atoms with Gasteiger partial charge in [-0.2, -0.15) is 0 Å². The first kappa shape index (κ1) is 15.5. The second-order valence-corrected chi connectivity index (χ2v) is 7.77. The van der Waals surface area contributed by atoms with Crippen molar-refractivity contribution in [3.8, 4) is 0 Å². The van der Waals surface area contributed by atoms with Gasteiger partial charge in [-0.25, -0.2) is 0 Å². The predicted octanol–water partition coefficient (Wildman–Crippen LogP) is 1.06. The van der Waals surface area contributed by atoms with Crippen LogP contribution in [-0.4, -0.2) is 68.5 Å². The monoisotopic (exact) mass is 319 g/mol. The van der Waals surface area contributed by atoms with Crippen LogP contribution in [0.3, 0.4) is 0 Å². The van der Waals surface area contributed by atoms with Gasteiger partial charge in [0.25, 0.3) is 0 Å². The van der Waals surface area contributed by atoms with Gasteiger partial charge >= 0.3 is 0 Å². The number of likely N-dealkylation sites (tertiary alicyclic amines) is 1. The molecule has 23 heavy (non-hydrogen) atoms. The molecule has 1 aliphatic carbocycles. The third kappa shape index (κ3) is 3.59. The number of β-amino-alcohol motifs (C(OH)–C–C–N with tert-alkyl or cyclic N) is 1. The van der Waals surface area contributed by atoms with Crippen LogP contribution in [0.5, 0.6) is 0 Å². The van der Waals surface area contributed by atoms with Crippen molar-refractivity contribution in [2.45, 2.75) is 57.7 Å². The van der Waals surface area contributed by atoms with Gasteiger partial charge in [-0.15, -0.1) is 10.2 Å². The lowest BCUT2D eigenvalue weighted by molar-refractivity contribution is 0.0529. The zero-order valence-corrected chi connectivity index (χ0v) is 14.2. The molecule has 1 aromatic rings. The molecular formula is C17H29N5O. The maximum absolute atomic E-state index is 10.4. The number of hydrogen-bond acceptors (Lipinski definition) is 5. The van der Waals surface area contributed by atoms with Crippen molar-refractivity contribution in [3.63, 3.8) is 0 Å². The minimum atomic E-state index is -0.263. The quantitative estimate of drug-likeness (QED) is 0.879. The Balaban J connectivity index is 1.28. The molecule has 1 aromatic heterocycles. The van der Waals surface area contributed by atoms with Crippen molar-refractivity contribution in [1.29, 1.82) is 0 Å². The molecule has 0 spiro atoms. The predicted molar refractivity (Wildman–Crippen MR) is 88.1 cm³/mol. The van der Waals surface area contributed by atoms with Gasteiger partial charge in [0.2, 0.25) is 0 Å². The van der Waals surface area contributed by atoms with Gasteiger partial charge in [0.1, 0.15) is 11.6 Å². The summed E-state index contributed by atoms with van der Waals surface area (Å²) in [6, 6.07) is 0. The number of rotatable bonds is 5. The minimum absolute atomic E-state index is 0.263. The summed E-state index contributed by atoms with van der Waals surface area (Å²) in [6.45, 7) is 8.96. The molecule has 2 fully saturated rings. The number of aliphatic hydroxyl groups excluding tert-OH is 1. The summed E-state index contributed by atoms with van der Waals surface area (Å²) in [6.07, 6.45) is 4.82. The largest absolute Gasteiger partial charge is 0.390 e. The van der Waals surface area contributed by atoms with Crippen LogP contribution < -0.4 is 0 Å². The Bertz CT molecular complexity index is 533. The number of piperidine rings is 1. The van der Waals surface area contributed by atoms with E-state index in [0.717, 1.165) is 57.6 Å². The molecule has 3 heterocycles. The highest BCUT2D eigenvalue weighted by molar-refractivity contribution is 5.09. The maximum atomic E-state index is 10.4. The lowest BCUT2D eigenvalue weighted by atomic mass is 9.99. The third-order valence-corrected chi connectivity index (χ3v) is 5.62. The Kier molecular flexibility index (Phi) is 4.39. The van der Waals surface area contributed by atoms with Crippen LogP contribution in [0.15, 0.2) is 0 Å². The smallest absolute Gasteiger partial charge is 0.147 e. The van der Waals surface area contributed by atoms with Crippen LogP contribution in [0.1, 0.15) is 50.2 Å². The van der Waals surface area contributed by atoms with Gasteiger partial charge in [-0.1, -0.05) is 6.92 Å². The molecule has 4 rings (SSSR count). The first-order valence-electron chi connectivity index (χ1n) is 9.24. The summed E-state index contributed by atoms with van der Waals surface area (Å²) in [7, 11) is 0. The fourth-order valence-corrected chi connectivity index (χ4v) is 3.93. The van der Waals surface area contributed by atoms with Crippen LogP contribution in [0, 0.1) is 5.92 Å². The number of aliphatic hydroxyl groups is 1. The van der Waals surface area contributed by atoms with E-state index in [2.05, 4.69) is 31.5 Å². The molecule has 6 heteroatoms. The average Bonchev–Trinajstić information content (AvgIpc) is 3.29. The molecule has 2 aliphatic heterocycles. The van der Waals surface area contributed by atoms with Crippen molar-refractivity contribution >= 4 is 0 Å². The molecule has 1 atom stereocenters. The van der Waals surface area contributed by atoms with E-state index in [1.54, 1.807) is 0 Å². The van der Waals surface area contributed by atoms with E-state index in [4.69, 9.17) is 0 Å². The Hall–Kier alpha value is -0.980. The highest BCUT2D eigenvalue weighted by Gasteiger charge is 2.32. The van der Waals surface area contributed by atoms with Gasteiger partial charge < -0.3 is 14.6 Å². The molecule has 0 unspecified atom stereocenters. The van der Waals surface area contributed by atoms with Crippen molar-refractivity contribution in [2.75, 3.05) is 32.7 Å². The van der Waals surface area contributed by atoms with E-state index in [1.807, 2.05) is 0 Å². The molecule has 6 nitrogen and oxygen atoms in total. The van der Waals surface area contributed by atoms with Crippen LogP contribution in [0.25, 0.3) is 0 Å². The fraction of sp³-hybridized carbons (Fsp3) is 0.882. The van der Waals surface area contributed by atoms with Crippen LogP contribution >= 0.6 is 0 Å². The summed E-state index contributed by atoms with van der Waals surface area (Å²) >= 11 is 0. The van der Waals surface area contributed by atoms with Gasteiger partial charge in [-0.05, 0) is 44.7 Å². The Labute approximate surface area is 138 Å². The van der Waals surface area contributed by atoms with Crippen molar-refractivity contribution in [1.82, 2.24) is 24.6 Å². The molecule has 1 saturated heterocycles. The summed E-state index contributed by atoms with van der Waals surface area (Å²) < 4.78 is 2.31. The van der Waals surface area contributed by atoms with E-state index >= 15 is 0 Å². The van der Waals surface area contributed by atoms with Crippen molar-refractivity contribution in [2.24, 2.45) is 5.92 Å². The molecule has 1 N–H and O–H groups in total. The van der Waals surface area contributed by atoms with E-state index in [9.17, 15) is 5.11 Å². The zero-order valence-electron chi connectivity index (χ0n) is 14.2. The average molecular weight is 319 g/mol. The normalized spacial score (nSPS) is 25.5. The van der Waals surface area contributed by atoms with Crippen LogP contribution in [-0.2, 0) is 13.1 Å². The Morgan fingerprint density at radius 3 is 2.48 bits per heavy atom. The number of aromatic nitrogens is 3. The summed E-state index contributed by atoms with van der Waals surface area (Å²) in [4.78, 5) is 4.75. The fourth-order valence-electron chi connectivity index (χ4n) is 3.93. The molecular weight excluding hydrogens is 290 g/mol. The lowest BCUT2D eigenvalue weighted by Gasteiger charge is -2.34. The van der Waals surface area contributed by atoms with Crippen LogP contribution in [0.2, 0.25) is 0 Å². The number of hydrogen-bond donors (Lipinski definition) is 1. The molecule has 0 aromatic carbocycles. The zero-order chi connectivity index (χ0) is 15.8. The van der Waals surface area contributed by atoms with Gasteiger partial charge in [0, 0.05) is 32.1 Å². The highest BCUT2D eigenvalue weighted by atomic mass is 16.3. The van der Waals surface area contributed by atoms with Crippen molar-refractivity contribution < 1.29 is 5.11 Å². The third-order valence-electron chi connectivity index (χ3n) is 5.62. The first-order valence-corrected chi connectivity index (χ1v) is 9.24. The van der Waals surface area contributed by atoms with E-state index in [0.29, 0.717) is 5.92 Å². The molecule has 128 valence electrons. The van der Waals surface area contributed by atoms with Gasteiger partial charge in [0.15, 0.2) is 0 Å². The van der Waals surface area contributed by atoms with Gasteiger partial charge in [0.05, 0.1) is 12.6 Å². The molecule has 0 bridgehead atoms. The van der Waals surface area contributed by atoms with Crippen LogP contribution in [0.4, 0.5) is 0 Å². The second-order valence-electron chi connectivity index (χ2n) is 7.77. The highest BCUT2D eigenvalue weighted by Crippen LogP contribution is 2.39. The maximum Gasteiger partial charge on any atom is 0.147 e.